The van der Waals surface area contributed by atoms with Gasteiger partial charge in [0.15, 0.2) is 5.78 Å². The number of piperidine rings is 1. The molecule has 0 unspecified atom stereocenters. The summed E-state index contributed by atoms with van der Waals surface area (Å²) in [6.45, 7) is 3.21. The highest BCUT2D eigenvalue weighted by molar-refractivity contribution is 6.01. The second-order valence-electron chi connectivity index (χ2n) is 7.83. The zero-order chi connectivity index (χ0) is 20.9. The van der Waals surface area contributed by atoms with Crippen LogP contribution in [0.25, 0.3) is 0 Å². The summed E-state index contributed by atoms with van der Waals surface area (Å²) < 4.78 is 0. The molecule has 1 aliphatic rings. The molecule has 0 saturated carbocycles. The van der Waals surface area contributed by atoms with Crippen molar-refractivity contribution < 1.29 is 9.59 Å². The van der Waals surface area contributed by atoms with E-state index < -0.39 is 0 Å². The number of benzene rings is 3. The van der Waals surface area contributed by atoms with Crippen LogP contribution in [0.4, 0.5) is 11.4 Å². The van der Waals surface area contributed by atoms with E-state index in [0.29, 0.717) is 31.5 Å². The number of nitrogens with one attached hydrogen (secondary N) is 1. The number of ketones is 1. The molecule has 0 spiro atoms. The van der Waals surface area contributed by atoms with Crippen LogP contribution < -0.4 is 5.32 Å². The van der Waals surface area contributed by atoms with E-state index in [4.69, 9.17) is 0 Å². The summed E-state index contributed by atoms with van der Waals surface area (Å²) in [5, 5.41) is 3.34. The fourth-order valence-electron chi connectivity index (χ4n) is 3.92. The maximum Gasteiger partial charge on any atom is 0.255 e. The Morgan fingerprint density at radius 1 is 0.833 bits per heavy atom. The van der Waals surface area contributed by atoms with Crippen LogP contribution in [0.5, 0.6) is 0 Å². The largest absolute Gasteiger partial charge is 0.355 e. The first kappa shape index (κ1) is 19.9. The lowest BCUT2D eigenvalue weighted by atomic mass is 9.88. The number of aryl methyl sites for hydroxylation is 1. The monoisotopic (exact) mass is 398 g/mol. The molecule has 1 N–H and O–H groups in total. The number of hydrogen-bond donors (Lipinski definition) is 1. The number of likely N-dealkylation sites (tertiary alicyclic amines) is 1. The minimum atomic E-state index is -0.0190. The van der Waals surface area contributed by atoms with Gasteiger partial charge in [0.25, 0.3) is 5.91 Å². The zero-order valence-corrected chi connectivity index (χ0v) is 17.2. The highest BCUT2D eigenvalue weighted by atomic mass is 16.2. The van der Waals surface area contributed by atoms with E-state index in [-0.39, 0.29) is 17.6 Å². The van der Waals surface area contributed by atoms with Crippen molar-refractivity contribution in [3.63, 3.8) is 0 Å². The molecule has 1 saturated heterocycles. The molecule has 0 aromatic heterocycles. The first-order valence-corrected chi connectivity index (χ1v) is 10.4. The molecule has 0 bridgehead atoms. The van der Waals surface area contributed by atoms with E-state index in [1.54, 1.807) is 0 Å². The van der Waals surface area contributed by atoms with Crippen molar-refractivity contribution in [3.05, 3.63) is 95.6 Å². The molecular weight excluding hydrogens is 372 g/mol. The molecular formula is C26H26N2O2. The molecule has 1 heterocycles. The lowest BCUT2D eigenvalue weighted by Crippen LogP contribution is -2.40. The van der Waals surface area contributed by atoms with Crippen molar-refractivity contribution in [2.75, 3.05) is 18.4 Å². The SMILES string of the molecule is Cc1ccc(C(=O)C2CCN(C(=O)c3ccccc3Nc3ccccc3)CC2)cc1. The highest BCUT2D eigenvalue weighted by Gasteiger charge is 2.29. The summed E-state index contributed by atoms with van der Waals surface area (Å²) in [5.74, 6) is 0.179. The molecule has 0 atom stereocenters. The van der Waals surface area contributed by atoms with E-state index in [1.165, 1.54) is 0 Å². The van der Waals surface area contributed by atoms with Gasteiger partial charge in [-0.25, -0.2) is 0 Å². The number of amides is 1. The molecule has 3 aromatic carbocycles. The van der Waals surface area contributed by atoms with Crippen LogP contribution >= 0.6 is 0 Å². The normalized spacial score (nSPS) is 14.4. The van der Waals surface area contributed by atoms with Gasteiger partial charge in [-0.05, 0) is 44.0 Å². The lowest BCUT2D eigenvalue weighted by molar-refractivity contribution is 0.0651. The zero-order valence-electron chi connectivity index (χ0n) is 17.2. The Balaban J connectivity index is 1.42. The maximum absolute atomic E-state index is 13.2. The molecule has 4 rings (SSSR count). The number of carbonyl (C=O) groups is 2. The van der Waals surface area contributed by atoms with Crippen molar-refractivity contribution in [1.29, 1.82) is 0 Å². The predicted molar refractivity (Wildman–Crippen MR) is 120 cm³/mol. The van der Waals surface area contributed by atoms with Crippen molar-refractivity contribution in [2.45, 2.75) is 19.8 Å². The van der Waals surface area contributed by atoms with Gasteiger partial charge >= 0.3 is 0 Å². The predicted octanol–water partition coefficient (Wildman–Crippen LogP) is 5.47. The Hall–Kier alpha value is -3.40. The van der Waals surface area contributed by atoms with Gasteiger partial charge in [0.1, 0.15) is 0 Å². The van der Waals surface area contributed by atoms with Gasteiger partial charge in [-0.15, -0.1) is 0 Å². The number of nitrogens with zero attached hydrogens (tertiary/aromatic N) is 1. The van der Waals surface area contributed by atoms with Crippen LogP contribution in [0.3, 0.4) is 0 Å². The number of Topliss-reactive ketones (excluding diaryl/α,β-unsaturated/α-hetero) is 1. The third kappa shape index (κ3) is 4.43. The molecule has 1 fully saturated rings. The smallest absolute Gasteiger partial charge is 0.255 e. The third-order valence-electron chi connectivity index (χ3n) is 5.70. The molecule has 0 radical (unpaired) electrons. The first-order chi connectivity index (χ1) is 14.6. The fourth-order valence-corrected chi connectivity index (χ4v) is 3.92. The van der Waals surface area contributed by atoms with Crippen molar-refractivity contribution in [2.24, 2.45) is 5.92 Å². The average molecular weight is 399 g/mol. The van der Waals surface area contributed by atoms with Crippen LogP contribution in [-0.4, -0.2) is 29.7 Å². The number of anilines is 2. The summed E-state index contributed by atoms with van der Waals surface area (Å²) >= 11 is 0. The van der Waals surface area contributed by atoms with Gasteiger partial charge in [-0.1, -0.05) is 60.2 Å². The van der Waals surface area contributed by atoms with Gasteiger partial charge < -0.3 is 10.2 Å². The van der Waals surface area contributed by atoms with Gasteiger partial charge in [0, 0.05) is 30.3 Å². The first-order valence-electron chi connectivity index (χ1n) is 10.4. The van der Waals surface area contributed by atoms with E-state index in [9.17, 15) is 9.59 Å². The van der Waals surface area contributed by atoms with Gasteiger partial charge in [0.05, 0.1) is 11.3 Å². The molecule has 3 aromatic rings. The van der Waals surface area contributed by atoms with Crippen LogP contribution in [0.2, 0.25) is 0 Å². The van der Waals surface area contributed by atoms with E-state index in [1.807, 2.05) is 90.7 Å². The standard InChI is InChI=1S/C26H26N2O2/c1-19-11-13-20(14-12-19)25(29)21-15-17-28(18-16-21)26(30)23-9-5-6-10-24(23)27-22-7-3-2-4-8-22/h2-14,21,27H,15-18H2,1H3. The van der Waals surface area contributed by atoms with E-state index >= 15 is 0 Å². The Morgan fingerprint density at radius 3 is 2.17 bits per heavy atom. The second-order valence-corrected chi connectivity index (χ2v) is 7.83. The molecule has 0 aliphatic carbocycles. The third-order valence-corrected chi connectivity index (χ3v) is 5.70. The average Bonchev–Trinajstić information content (AvgIpc) is 2.80. The second kappa shape index (κ2) is 8.95. The van der Waals surface area contributed by atoms with Gasteiger partial charge in [-0.3, -0.25) is 9.59 Å². The number of carbonyl (C=O) groups excluding carboxylic acids is 2. The maximum atomic E-state index is 13.2. The Labute approximate surface area is 177 Å². The summed E-state index contributed by atoms with van der Waals surface area (Å²) in [4.78, 5) is 27.9. The van der Waals surface area contributed by atoms with Crippen LogP contribution in [0.15, 0.2) is 78.9 Å². The summed E-state index contributed by atoms with van der Waals surface area (Å²) in [6, 6.07) is 25.2. The van der Waals surface area contributed by atoms with Crippen molar-refractivity contribution >= 4 is 23.1 Å². The quantitative estimate of drug-likeness (QED) is 0.580. The topological polar surface area (TPSA) is 49.4 Å². The minimum Gasteiger partial charge on any atom is -0.355 e. The summed E-state index contributed by atoms with van der Waals surface area (Å²) in [7, 11) is 0. The lowest BCUT2D eigenvalue weighted by Gasteiger charge is -2.32. The highest BCUT2D eigenvalue weighted by Crippen LogP contribution is 2.26. The van der Waals surface area contributed by atoms with Gasteiger partial charge in [-0.2, -0.15) is 0 Å². The number of hydrogen-bond acceptors (Lipinski definition) is 3. The Morgan fingerprint density at radius 2 is 1.47 bits per heavy atom. The molecule has 1 aliphatic heterocycles. The van der Waals surface area contributed by atoms with Crippen LogP contribution in [0.1, 0.15) is 39.1 Å². The summed E-state index contributed by atoms with van der Waals surface area (Å²) in [6.07, 6.45) is 1.40. The molecule has 4 heteroatoms. The molecule has 152 valence electrons. The molecule has 4 nitrogen and oxygen atoms in total. The van der Waals surface area contributed by atoms with Gasteiger partial charge in [0.2, 0.25) is 0 Å². The van der Waals surface area contributed by atoms with Crippen molar-refractivity contribution in [3.8, 4) is 0 Å². The summed E-state index contributed by atoms with van der Waals surface area (Å²) in [5.41, 5.74) is 4.31. The minimum absolute atomic E-state index is 0.00951. The van der Waals surface area contributed by atoms with E-state index in [0.717, 1.165) is 22.5 Å². The number of rotatable bonds is 5. The molecule has 1 amide bonds. The molecule has 30 heavy (non-hydrogen) atoms. The van der Waals surface area contributed by atoms with Crippen LogP contribution in [0, 0.1) is 12.8 Å². The van der Waals surface area contributed by atoms with Crippen molar-refractivity contribution in [1.82, 2.24) is 4.90 Å². The Kier molecular flexibility index (Phi) is 5.94. The van der Waals surface area contributed by atoms with E-state index in [2.05, 4.69) is 5.32 Å². The van der Waals surface area contributed by atoms with Crippen LogP contribution in [-0.2, 0) is 0 Å². The Bertz CT molecular complexity index is 1020. The fraction of sp³-hybridized carbons (Fsp3) is 0.231. The number of para-hydroxylation sites is 2.